The number of hydrogen-bond acceptors (Lipinski definition) is 0. The van der Waals surface area contributed by atoms with Crippen molar-refractivity contribution in [2.24, 2.45) is 0 Å². The predicted molar refractivity (Wildman–Crippen MR) is 248 cm³/mol. The van der Waals surface area contributed by atoms with E-state index in [0.29, 0.717) is 0 Å². The van der Waals surface area contributed by atoms with E-state index >= 15 is 0 Å². The average Bonchev–Trinajstić information content (AvgIpc) is 3.64. The Balaban J connectivity index is 1.07. The largest absolute Gasteiger partial charge is 0.0619 e. The van der Waals surface area contributed by atoms with Gasteiger partial charge in [0.05, 0.1) is 0 Å². The fraction of sp³-hybridized carbons (Fsp3) is 0.103. The van der Waals surface area contributed by atoms with Crippen LogP contribution in [0.4, 0.5) is 0 Å². The van der Waals surface area contributed by atoms with E-state index in [0.717, 1.165) is 0 Å². The Morgan fingerprint density at radius 2 is 0.569 bits per heavy atom. The van der Waals surface area contributed by atoms with E-state index in [1.54, 1.807) is 0 Å². The molecule has 10 aromatic rings. The normalized spacial score (nSPS) is 14.5. The molecule has 0 aliphatic heterocycles. The molecule has 0 heterocycles. The van der Waals surface area contributed by atoms with E-state index in [1.807, 2.05) is 0 Å². The predicted octanol–water partition coefficient (Wildman–Crippen LogP) is 15.9. The van der Waals surface area contributed by atoms with Crippen LogP contribution in [0.15, 0.2) is 182 Å². The highest BCUT2D eigenvalue weighted by atomic mass is 14.4. The monoisotopic (exact) mass is 738 g/mol. The van der Waals surface area contributed by atoms with Crippen LogP contribution < -0.4 is 0 Å². The Morgan fingerprint density at radius 3 is 1.03 bits per heavy atom. The van der Waals surface area contributed by atoms with Crippen molar-refractivity contribution in [1.29, 1.82) is 0 Å². The standard InChI is InChI=1S/C58H42/c1-57(2)49-27-15-13-25-45(49)55-39-19-7-5-17-37(39)47(33-51(55)57)35-29-31-36(32-30-35)53-41-21-9-11-23-43(41)54(44-24-12-10-22-42(44)53)48-34-52-56(40-20-8-6-18-38(40)48)46-26-14-16-28-50(46)58(52,3)4/h5-34H,1-4H3. The Bertz CT molecular complexity index is 3320. The molecule has 12 rings (SSSR count). The lowest BCUT2D eigenvalue weighted by molar-refractivity contribution is 0.661. The van der Waals surface area contributed by atoms with E-state index in [4.69, 9.17) is 0 Å². The minimum atomic E-state index is -0.109. The van der Waals surface area contributed by atoms with Gasteiger partial charge >= 0.3 is 0 Å². The second-order valence-electron chi connectivity index (χ2n) is 17.5. The minimum Gasteiger partial charge on any atom is -0.0619 e. The number of benzene rings is 10. The molecule has 0 spiro atoms. The quantitative estimate of drug-likeness (QED) is 0.158. The summed E-state index contributed by atoms with van der Waals surface area (Å²) in [6.07, 6.45) is 0. The van der Waals surface area contributed by atoms with Crippen molar-refractivity contribution in [2.75, 3.05) is 0 Å². The summed E-state index contributed by atoms with van der Waals surface area (Å²) in [5.41, 5.74) is 18.6. The van der Waals surface area contributed by atoms with Gasteiger partial charge in [-0.1, -0.05) is 198 Å². The van der Waals surface area contributed by atoms with Gasteiger partial charge in [-0.15, -0.1) is 0 Å². The zero-order chi connectivity index (χ0) is 38.9. The Morgan fingerprint density at radius 1 is 0.241 bits per heavy atom. The minimum absolute atomic E-state index is 0.0753. The van der Waals surface area contributed by atoms with Crippen LogP contribution in [-0.4, -0.2) is 0 Å². The first-order chi connectivity index (χ1) is 28.3. The van der Waals surface area contributed by atoms with Gasteiger partial charge < -0.3 is 0 Å². The van der Waals surface area contributed by atoms with E-state index in [-0.39, 0.29) is 10.8 Å². The molecule has 58 heavy (non-hydrogen) atoms. The molecule has 274 valence electrons. The van der Waals surface area contributed by atoms with Gasteiger partial charge in [-0.2, -0.15) is 0 Å². The van der Waals surface area contributed by atoms with E-state index in [2.05, 4.69) is 210 Å². The van der Waals surface area contributed by atoms with Crippen LogP contribution in [0, 0.1) is 0 Å². The Kier molecular flexibility index (Phi) is 6.84. The molecular formula is C58H42. The van der Waals surface area contributed by atoms with Crippen molar-refractivity contribution >= 4 is 43.1 Å². The van der Waals surface area contributed by atoms with Crippen LogP contribution in [0.25, 0.3) is 98.7 Å². The van der Waals surface area contributed by atoms with Crippen LogP contribution in [0.5, 0.6) is 0 Å². The fourth-order valence-electron chi connectivity index (χ4n) is 11.1. The first kappa shape index (κ1) is 33.4. The molecule has 0 saturated carbocycles. The zero-order valence-corrected chi connectivity index (χ0v) is 33.3. The second kappa shape index (κ2) is 11.9. The van der Waals surface area contributed by atoms with Gasteiger partial charge in [0.1, 0.15) is 0 Å². The molecule has 0 unspecified atom stereocenters. The van der Waals surface area contributed by atoms with Crippen molar-refractivity contribution in [1.82, 2.24) is 0 Å². The molecule has 0 amide bonds. The zero-order valence-electron chi connectivity index (χ0n) is 33.3. The van der Waals surface area contributed by atoms with Crippen molar-refractivity contribution in [3.63, 3.8) is 0 Å². The van der Waals surface area contributed by atoms with Crippen LogP contribution in [0.1, 0.15) is 49.9 Å². The Labute approximate surface area is 340 Å². The molecule has 0 heteroatoms. The molecule has 0 fully saturated rings. The van der Waals surface area contributed by atoms with Gasteiger partial charge in [-0.05, 0) is 133 Å². The summed E-state index contributed by atoms with van der Waals surface area (Å²) < 4.78 is 0. The van der Waals surface area contributed by atoms with Gasteiger partial charge in [-0.25, -0.2) is 0 Å². The SMILES string of the molecule is CC1(C)c2ccccc2-c2c1cc(-c1ccc(-c3c4ccccc4c(-c4cc5c(c6ccccc46)-c4ccccc4C5(C)C)c4ccccc34)cc1)c1ccccc21. The van der Waals surface area contributed by atoms with Gasteiger partial charge in [0.25, 0.3) is 0 Å². The van der Waals surface area contributed by atoms with Gasteiger partial charge in [0.2, 0.25) is 0 Å². The third-order valence-corrected chi connectivity index (χ3v) is 13.9. The third-order valence-electron chi connectivity index (χ3n) is 13.9. The lowest BCUT2D eigenvalue weighted by Crippen LogP contribution is -2.15. The smallest absolute Gasteiger partial charge is 0.0159 e. The summed E-state index contributed by atoms with van der Waals surface area (Å²) in [6.45, 7) is 9.55. The van der Waals surface area contributed by atoms with Crippen LogP contribution in [0.2, 0.25) is 0 Å². The summed E-state index contributed by atoms with van der Waals surface area (Å²) in [4.78, 5) is 0. The highest BCUT2D eigenvalue weighted by Crippen LogP contribution is 2.56. The summed E-state index contributed by atoms with van der Waals surface area (Å²) >= 11 is 0. The molecule has 0 radical (unpaired) electrons. The van der Waals surface area contributed by atoms with E-state index in [9.17, 15) is 0 Å². The third kappa shape index (κ3) is 4.41. The van der Waals surface area contributed by atoms with Crippen LogP contribution >= 0.6 is 0 Å². The van der Waals surface area contributed by atoms with Crippen LogP contribution in [0.3, 0.4) is 0 Å². The number of fused-ring (bicyclic) bond motifs is 12. The van der Waals surface area contributed by atoms with Gasteiger partial charge in [0, 0.05) is 10.8 Å². The summed E-state index contributed by atoms with van der Waals surface area (Å²) in [7, 11) is 0. The van der Waals surface area contributed by atoms with Crippen LogP contribution in [-0.2, 0) is 10.8 Å². The van der Waals surface area contributed by atoms with E-state index in [1.165, 1.54) is 121 Å². The lowest BCUT2D eigenvalue weighted by atomic mass is 9.79. The van der Waals surface area contributed by atoms with Gasteiger partial charge in [0.15, 0.2) is 0 Å². The molecule has 10 aromatic carbocycles. The van der Waals surface area contributed by atoms with E-state index < -0.39 is 0 Å². The van der Waals surface area contributed by atoms with Gasteiger partial charge in [-0.3, -0.25) is 0 Å². The molecule has 0 nitrogen and oxygen atoms in total. The molecule has 2 aliphatic carbocycles. The molecule has 0 N–H and O–H groups in total. The second-order valence-corrected chi connectivity index (χ2v) is 17.5. The number of hydrogen-bond donors (Lipinski definition) is 0. The molecule has 2 aliphatic rings. The molecular weight excluding hydrogens is 697 g/mol. The maximum Gasteiger partial charge on any atom is 0.0159 e. The van der Waals surface area contributed by atoms with Crippen molar-refractivity contribution in [2.45, 2.75) is 38.5 Å². The molecule has 0 aromatic heterocycles. The fourth-order valence-corrected chi connectivity index (χ4v) is 11.1. The van der Waals surface area contributed by atoms with Crippen molar-refractivity contribution in [3.05, 3.63) is 204 Å². The average molecular weight is 739 g/mol. The molecule has 0 bridgehead atoms. The van der Waals surface area contributed by atoms with Crippen molar-refractivity contribution in [3.8, 4) is 55.6 Å². The Hall–Kier alpha value is -6.76. The molecule has 0 saturated heterocycles. The molecule has 0 atom stereocenters. The topological polar surface area (TPSA) is 0 Å². The maximum absolute atomic E-state index is 2.53. The lowest BCUT2D eigenvalue weighted by Gasteiger charge is -2.24. The first-order valence-corrected chi connectivity index (χ1v) is 20.7. The number of rotatable bonds is 3. The summed E-state index contributed by atoms with van der Waals surface area (Å²) in [5.74, 6) is 0. The summed E-state index contributed by atoms with van der Waals surface area (Å²) in [5, 5.41) is 10.4. The van der Waals surface area contributed by atoms with Crippen molar-refractivity contribution < 1.29 is 0 Å². The first-order valence-electron chi connectivity index (χ1n) is 20.7. The maximum atomic E-state index is 2.53. The highest BCUT2D eigenvalue weighted by Gasteiger charge is 2.38. The summed E-state index contributed by atoms with van der Waals surface area (Å²) in [6, 6.07) is 68.6. The highest BCUT2D eigenvalue weighted by molar-refractivity contribution is 6.24.